The van der Waals surface area contributed by atoms with Crippen molar-refractivity contribution in [2.45, 2.75) is 6.92 Å². The molecule has 2 aromatic rings. The molecule has 114 valence electrons. The van der Waals surface area contributed by atoms with E-state index in [-0.39, 0.29) is 11.6 Å². The van der Waals surface area contributed by atoms with Crippen LogP contribution in [0.2, 0.25) is 0 Å². The van der Waals surface area contributed by atoms with Gasteiger partial charge >= 0.3 is 0 Å². The maximum atomic E-state index is 12.4. The molecule has 6 nitrogen and oxygen atoms in total. The third kappa shape index (κ3) is 3.43. The molecule has 0 aromatic heterocycles. The summed E-state index contributed by atoms with van der Waals surface area (Å²) in [5.41, 5.74) is 1.47. The smallest absolute Gasteiger partial charge is 0.269 e. The first-order valence-electron chi connectivity index (χ1n) is 6.32. The molecule has 1 amide bonds. The summed E-state index contributed by atoms with van der Waals surface area (Å²) in [6, 6.07) is 9.37. The second-order valence-electron chi connectivity index (χ2n) is 4.56. The van der Waals surface area contributed by atoms with Crippen LogP contribution in [0.4, 0.5) is 11.4 Å². The number of nitro benzene ring substituents is 1. The lowest BCUT2D eigenvalue weighted by atomic mass is 10.1. The standard InChI is InChI=1S/C15H13BrN2O4/c1-9-7-11(18(20)21)4-5-13(9)17-15(19)12-8-10(16)3-6-14(12)22-2/h3-8H,1-2H3,(H,17,19). The third-order valence-corrected chi connectivity index (χ3v) is 3.57. The van der Waals surface area contributed by atoms with E-state index >= 15 is 0 Å². The number of methoxy groups -OCH3 is 1. The first-order valence-corrected chi connectivity index (χ1v) is 7.11. The number of rotatable bonds is 4. The van der Waals surface area contributed by atoms with E-state index in [0.29, 0.717) is 22.6 Å². The monoisotopic (exact) mass is 364 g/mol. The number of anilines is 1. The minimum Gasteiger partial charge on any atom is -0.496 e. The highest BCUT2D eigenvalue weighted by molar-refractivity contribution is 9.10. The van der Waals surface area contributed by atoms with Crippen molar-refractivity contribution in [3.05, 3.63) is 62.1 Å². The van der Waals surface area contributed by atoms with Crippen LogP contribution in [-0.4, -0.2) is 17.9 Å². The lowest BCUT2D eigenvalue weighted by molar-refractivity contribution is -0.384. The Morgan fingerprint density at radius 3 is 2.59 bits per heavy atom. The van der Waals surface area contributed by atoms with Crippen molar-refractivity contribution in [2.75, 3.05) is 12.4 Å². The fourth-order valence-electron chi connectivity index (χ4n) is 1.95. The summed E-state index contributed by atoms with van der Waals surface area (Å²) in [5.74, 6) is 0.0929. The maximum absolute atomic E-state index is 12.4. The Balaban J connectivity index is 2.29. The number of amides is 1. The Morgan fingerprint density at radius 1 is 1.27 bits per heavy atom. The van der Waals surface area contributed by atoms with Crippen LogP contribution in [0.3, 0.4) is 0 Å². The average Bonchev–Trinajstić information content (AvgIpc) is 2.48. The molecule has 0 saturated carbocycles. The molecule has 0 unspecified atom stereocenters. The summed E-state index contributed by atoms with van der Waals surface area (Å²) in [4.78, 5) is 22.6. The van der Waals surface area contributed by atoms with Crippen molar-refractivity contribution in [1.82, 2.24) is 0 Å². The Labute approximate surface area is 135 Å². The van der Waals surface area contributed by atoms with Crippen molar-refractivity contribution in [3.63, 3.8) is 0 Å². The van der Waals surface area contributed by atoms with Crippen LogP contribution in [0.25, 0.3) is 0 Å². The van der Waals surface area contributed by atoms with Crippen molar-refractivity contribution < 1.29 is 14.5 Å². The fourth-order valence-corrected chi connectivity index (χ4v) is 2.31. The SMILES string of the molecule is COc1ccc(Br)cc1C(=O)Nc1ccc([N+](=O)[O-])cc1C. The molecule has 22 heavy (non-hydrogen) atoms. The van der Waals surface area contributed by atoms with Gasteiger partial charge in [0.2, 0.25) is 0 Å². The number of benzene rings is 2. The Morgan fingerprint density at radius 2 is 2.00 bits per heavy atom. The number of carbonyl (C=O) groups excluding carboxylic acids is 1. The highest BCUT2D eigenvalue weighted by Crippen LogP contribution is 2.26. The summed E-state index contributed by atoms with van der Waals surface area (Å²) in [6.45, 7) is 1.70. The van der Waals surface area contributed by atoms with E-state index in [1.54, 1.807) is 25.1 Å². The second kappa shape index (κ2) is 6.57. The van der Waals surface area contributed by atoms with E-state index < -0.39 is 4.92 Å². The van der Waals surface area contributed by atoms with Gasteiger partial charge in [0, 0.05) is 22.3 Å². The number of carbonyl (C=O) groups is 1. The molecule has 0 bridgehead atoms. The maximum Gasteiger partial charge on any atom is 0.269 e. The molecule has 1 N–H and O–H groups in total. The van der Waals surface area contributed by atoms with E-state index in [1.165, 1.54) is 25.3 Å². The van der Waals surface area contributed by atoms with Crippen LogP contribution in [0, 0.1) is 17.0 Å². The van der Waals surface area contributed by atoms with Gasteiger partial charge < -0.3 is 10.1 Å². The Bertz CT molecular complexity index is 746. The number of aryl methyl sites for hydroxylation is 1. The summed E-state index contributed by atoms with van der Waals surface area (Å²) in [5, 5.41) is 13.5. The predicted octanol–water partition coefficient (Wildman–Crippen LogP) is 3.93. The summed E-state index contributed by atoms with van der Waals surface area (Å²) in [7, 11) is 1.48. The van der Waals surface area contributed by atoms with Gasteiger partial charge in [-0.05, 0) is 36.8 Å². The number of nitrogens with zero attached hydrogens (tertiary/aromatic N) is 1. The number of nitro groups is 1. The molecule has 2 rings (SSSR count). The number of hydrogen-bond acceptors (Lipinski definition) is 4. The molecule has 0 atom stereocenters. The van der Waals surface area contributed by atoms with Crippen LogP contribution in [-0.2, 0) is 0 Å². The summed E-state index contributed by atoms with van der Waals surface area (Å²) >= 11 is 3.31. The highest BCUT2D eigenvalue weighted by atomic mass is 79.9. The normalized spacial score (nSPS) is 10.1. The number of hydrogen-bond donors (Lipinski definition) is 1. The van der Waals surface area contributed by atoms with Gasteiger partial charge in [0.1, 0.15) is 5.75 Å². The van der Waals surface area contributed by atoms with Gasteiger partial charge in [-0.1, -0.05) is 15.9 Å². The molecule has 0 heterocycles. The van der Waals surface area contributed by atoms with Crippen LogP contribution in [0.5, 0.6) is 5.75 Å². The highest BCUT2D eigenvalue weighted by Gasteiger charge is 2.15. The van der Waals surface area contributed by atoms with Crippen molar-refractivity contribution in [1.29, 1.82) is 0 Å². The third-order valence-electron chi connectivity index (χ3n) is 3.08. The molecule has 0 aliphatic heterocycles. The van der Waals surface area contributed by atoms with Gasteiger partial charge in [-0.2, -0.15) is 0 Å². The van der Waals surface area contributed by atoms with Gasteiger partial charge in [-0.3, -0.25) is 14.9 Å². The Hall–Kier alpha value is -2.41. The van der Waals surface area contributed by atoms with E-state index in [0.717, 1.165) is 4.47 Å². The van der Waals surface area contributed by atoms with Gasteiger partial charge in [0.25, 0.3) is 11.6 Å². The average molecular weight is 365 g/mol. The topological polar surface area (TPSA) is 81.5 Å². The van der Waals surface area contributed by atoms with Crippen molar-refractivity contribution in [3.8, 4) is 5.75 Å². The quantitative estimate of drug-likeness (QED) is 0.658. The van der Waals surface area contributed by atoms with Gasteiger partial charge in [-0.25, -0.2) is 0 Å². The Kier molecular flexibility index (Phi) is 4.77. The second-order valence-corrected chi connectivity index (χ2v) is 5.47. The number of non-ortho nitro benzene ring substituents is 1. The van der Waals surface area contributed by atoms with Gasteiger partial charge in [0.05, 0.1) is 17.6 Å². The van der Waals surface area contributed by atoms with E-state index in [4.69, 9.17) is 4.74 Å². The van der Waals surface area contributed by atoms with E-state index in [2.05, 4.69) is 21.2 Å². The molecular formula is C15H13BrN2O4. The lowest BCUT2D eigenvalue weighted by Gasteiger charge is -2.11. The summed E-state index contributed by atoms with van der Waals surface area (Å²) < 4.78 is 5.92. The fraction of sp³-hybridized carbons (Fsp3) is 0.133. The molecule has 0 aliphatic rings. The van der Waals surface area contributed by atoms with E-state index in [9.17, 15) is 14.9 Å². The lowest BCUT2D eigenvalue weighted by Crippen LogP contribution is -2.14. The first kappa shape index (κ1) is 16.0. The summed E-state index contributed by atoms with van der Waals surface area (Å²) in [6.07, 6.45) is 0. The van der Waals surface area contributed by atoms with Crippen LogP contribution in [0.1, 0.15) is 15.9 Å². The molecule has 0 spiro atoms. The first-order chi connectivity index (χ1) is 10.4. The number of ether oxygens (including phenoxy) is 1. The molecule has 0 radical (unpaired) electrons. The molecule has 2 aromatic carbocycles. The molecular weight excluding hydrogens is 352 g/mol. The zero-order valence-corrected chi connectivity index (χ0v) is 13.5. The van der Waals surface area contributed by atoms with Crippen LogP contribution < -0.4 is 10.1 Å². The molecule has 0 fully saturated rings. The molecule has 0 aliphatic carbocycles. The van der Waals surface area contributed by atoms with Crippen molar-refractivity contribution in [2.24, 2.45) is 0 Å². The zero-order valence-electron chi connectivity index (χ0n) is 11.9. The zero-order chi connectivity index (χ0) is 16.3. The van der Waals surface area contributed by atoms with Gasteiger partial charge in [0.15, 0.2) is 0 Å². The largest absolute Gasteiger partial charge is 0.496 e. The number of nitrogens with one attached hydrogen (secondary N) is 1. The van der Waals surface area contributed by atoms with E-state index in [1.807, 2.05) is 0 Å². The number of halogens is 1. The van der Waals surface area contributed by atoms with Crippen molar-refractivity contribution >= 4 is 33.2 Å². The van der Waals surface area contributed by atoms with Crippen LogP contribution >= 0.6 is 15.9 Å². The minimum absolute atomic E-state index is 0.0180. The predicted molar refractivity (Wildman–Crippen MR) is 86.5 cm³/mol. The van der Waals surface area contributed by atoms with Crippen LogP contribution in [0.15, 0.2) is 40.9 Å². The minimum atomic E-state index is -0.476. The molecule has 7 heteroatoms. The van der Waals surface area contributed by atoms with Gasteiger partial charge in [-0.15, -0.1) is 0 Å². The molecule has 0 saturated heterocycles.